The minimum atomic E-state index is -0.118. The number of carbonyl (C=O) groups is 1. The number of nitrogen functional groups attached to an aromatic ring is 1. The van der Waals surface area contributed by atoms with E-state index in [4.69, 9.17) is 10.6 Å². The maximum absolute atomic E-state index is 12.6. The second-order valence-electron chi connectivity index (χ2n) is 6.91. The molecule has 152 valence electrons. The lowest BCUT2D eigenvalue weighted by Gasteiger charge is -2.16. The predicted octanol–water partition coefficient (Wildman–Crippen LogP) is 3.83. The molecule has 0 radical (unpaired) electrons. The minimum absolute atomic E-state index is 0.118. The number of methoxy groups -OCH3 is 1. The molecule has 0 unspecified atom stereocenters. The van der Waals surface area contributed by atoms with Gasteiger partial charge >= 0.3 is 0 Å². The fourth-order valence-corrected chi connectivity index (χ4v) is 3.69. The Hall–Kier alpha value is -3.00. The average Bonchev–Trinajstić information content (AvgIpc) is 3.08. The topological polar surface area (TPSA) is 95.1 Å². The van der Waals surface area contributed by atoms with E-state index in [1.54, 1.807) is 7.11 Å². The molecule has 3 rings (SSSR count). The first-order valence-electron chi connectivity index (χ1n) is 9.28. The fraction of sp³-hybridized carbons (Fsp3) is 0.286. The van der Waals surface area contributed by atoms with Crippen LogP contribution in [0.15, 0.2) is 47.6 Å². The van der Waals surface area contributed by atoms with Crippen LogP contribution in [0.1, 0.15) is 30.9 Å². The number of amides is 1. The van der Waals surface area contributed by atoms with Gasteiger partial charge in [-0.1, -0.05) is 55.9 Å². The molecule has 0 bridgehead atoms. The van der Waals surface area contributed by atoms with E-state index in [0.717, 1.165) is 22.4 Å². The van der Waals surface area contributed by atoms with Crippen LogP contribution >= 0.6 is 11.8 Å². The molecule has 0 aliphatic heterocycles. The highest BCUT2D eigenvalue weighted by atomic mass is 32.2. The number of nitrogens with zero attached hydrogens (tertiary/aromatic N) is 3. The summed E-state index contributed by atoms with van der Waals surface area (Å²) in [7, 11) is 1.59. The number of benzene rings is 2. The molecule has 2 aromatic carbocycles. The third kappa shape index (κ3) is 4.54. The van der Waals surface area contributed by atoms with Crippen LogP contribution in [-0.2, 0) is 4.79 Å². The maximum atomic E-state index is 12.6. The van der Waals surface area contributed by atoms with Gasteiger partial charge in [-0.25, -0.2) is 4.68 Å². The highest BCUT2D eigenvalue weighted by Gasteiger charge is 2.17. The largest absolute Gasteiger partial charge is 0.496 e. The molecule has 3 aromatic rings. The van der Waals surface area contributed by atoms with E-state index in [1.165, 1.54) is 16.4 Å². The summed E-state index contributed by atoms with van der Waals surface area (Å²) in [6.45, 7) is 6.20. The van der Waals surface area contributed by atoms with Gasteiger partial charge in [-0.05, 0) is 36.1 Å². The molecule has 3 N–H and O–H groups in total. The molecule has 1 aromatic heterocycles. The number of anilines is 1. The Bertz CT molecular complexity index is 1020. The van der Waals surface area contributed by atoms with Crippen LogP contribution in [0.5, 0.6) is 5.75 Å². The zero-order chi connectivity index (χ0) is 21.0. The number of hydrogen-bond acceptors (Lipinski definition) is 6. The number of nitrogens with two attached hydrogens (primary N) is 1. The van der Waals surface area contributed by atoms with E-state index in [2.05, 4.69) is 29.4 Å². The zero-order valence-corrected chi connectivity index (χ0v) is 17.8. The standard InChI is InChI=1S/C21H25N5O2S/c1-13(2)15-10-7-8-14(3)19(15)23-18(27)12-29-21-25-24-20(26(21)22)16-9-5-6-11-17(16)28-4/h5-11,13H,12,22H2,1-4H3,(H,23,27). The van der Waals surface area contributed by atoms with Gasteiger partial charge in [0.15, 0.2) is 5.82 Å². The molecule has 0 aliphatic rings. The fourth-order valence-electron chi connectivity index (χ4n) is 3.04. The summed E-state index contributed by atoms with van der Waals surface area (Å²) in [5.41, 5.74) is 3.76. The van der Waals surface area contributed by atoms with E-state index in [-0.39, 0.29) is 11.7 Å². The van der Waals surface area contributed by atoms with Crippen molar-refractivity contribution in [2.75, 3.05) is 24.0 Å². The van der Waals surface area contributed by atoms with Gasteiger partial charge in [-0.15, -0.1) is 10.2 Å². The van der Waals surface area contributed by atoms with Crippen LogP contribution in [0.4, 0.5) is 5.69 Å². The van der Waals surface area contributed by atoms with Crippen LogP contribution in [0.25, 0.3) is 11.4 Å². The van der Waals surface area contributed by atoms with Crippen molar-refractivity contribution in [1.29, 1.82) is 0 Å². The van der Waals surface area contributed by atoms with E-state index in [0.29, 0.717) is 22.6 Å². The van der Waals surface area contributed by atoms with Crippen molar-refractivity contribution in [1.82, 2.24) is 14.9 Å². The lowest BCUT2D eigenvalue weighted by molar-refractivity contribution is -0.113. The van der Waals surface area contributed by atoms with E-state index in [9.17, 15) is 4.79 Å². The predicted molar refractivity (Wildman–Crippen MR) is 117 cm³/mol. The van der Waals surface area contributed by atoms with Gasteiger partial charge in [0.05, 0.1) is 18.4 Å². The average molecular weight is 412 g/mol. The van der Waals surface area contributed by atoms with Gasteiger partial charge in [0.2, 0.25) is 11.1 Å². The van der Waals surface area contributed by atoms with Crippen molar-refractivity contribution in [3.05, 3.63) is 53.6 Å². The Morgan fingerprint density at radius 3 is 2.69 bits per heavy atom. The molecule has 0 saturated carbocycles. The van der Waals surface area contributed by atoms with Crippen LogP contribution in [-0.4, -0.2) is 33.6 Å². The van der Waals surface area contributed by atoms with Gasteiger partial charge < -0.3 is 15.9 Å². The second-order valence-corrected chi connectivity index (χ2v) is 7.85. The highest BCUT2D eigenvalue weighted by Crippen LogP contribution is 2.30. The van der Waals surface area contributed by atoms with Crippen molar-refractivity contribution in [2.45, 2.75) is 31.8 Å². The third-order valence-corrected chi connectivity index (χ3v) is 5.48. The first-order chi connectivity index (χ1) is 13.9. The monoisotopic (exact) mass is 411 g/mol. The number of hydrogen-bond donors (Lipinski definition) is 2. The smallest absolute Gasteiger partial charge is 0.234 e. The summed E-state index contributed by atoms with van der Waals surface area (Å²) in [5.74, 6) is 7.67. The van der Waals surface area contributed by atoms with Crippen molar-refractivity contribution in [2.24, 2.45) is 0 Å². The number of nitrogens with one attached hydrogen (secondary N) is 1. The molecule has 1 heterocycles. The number of thioether (sulfide) groups is 1. The van der Waals surface area contributed by atoms with Crippen molar-refractivity contribution >= 4 is 23.4 Å². The molecule has 0 atom stereocenters. The molecular formula is C21H25N5O2S. The molecule has 29 heavy (non-hydrogen) atoms. The molecule has 0 saturated heterocycles. The van der Waals surface area contributed by atoms with Crippen molar-refractivity contribution in [3.8, 4) is 17.1 Å². The Balaban J connectivity index is 1.72. The van der Waals surface area contributed by atoms with Gasteiger partial charge in [-0.3, -0.25) is 4.79 Å². The first kappa shape index (κ1) is 20.7. The Kier molecular flexibility index (Phi) is 6.43. The Labute approximate surface area is 174 Å². The SMILES string of the molecule is COc1ccccc1-c1nnc(SCC(=O)Nc2c(C)cccc2C(C)C)n1N. The maximum Gasteiger partial charge on any atom is 0.234 e. The van der Waals surface area contributed by atoms with Crippen LogP contribution < -0.4 is 15.9 Å². The van der Waals surface area contributed by atoms with Crippen LogP contribution in [0.2, 0.25) is 0 Å². The van der Waals surface area contributed by atoms with Crippen LogP contribution in [0, 0.1) is 6.92 Å². The summed E-state index contributed by atoms with van der Waals surface area (Å²) in [5, 5.41) is 11.8. The molecular weight excluding hydrogens is 386 g/mol. The summed E-state index contributed by atoms with van der Waals surface area (Å²) >= 11 is 1.23. The second kappa shape index (κ2) is 9.00. The van der Waals surface area contributed by atoms with E-state index >= 15 is 0 Å². The van der Waals surface area contributed by atoms with Gasteiger partial charge in [0.25, 0.3) is 0 Å². The number of aromatic nitrogens is 3. The summed E-state index contributed by atoms with van der Waals surface area (Å²) in [6.07, 6.45) is 0. The Morgan fingerprint density at radius 2 is 1.97 bits per heavy atom. The molecule has 7 nitrogen and oxygen atoms in total. The quantitative estimate of drug-likeness (QED) is 0.453. The lowest BCUT2D eigenvalue weighted by Crippen LogP contribution is -2.18. The summed E-state index contributed by atoms with van der Waals surface area (Å²) in [6, 6.07) is 13.5. The number of ether oxygens (including phenoxy) is 1. The van der Waals surface area contributed by atoms with Gasteiger partial charge in [0, 0.05) is 5.69 Å². The first-order valence-corrected chi connectivity index (χ1v) is 10.3. The molecule has 1 amide bonds. The molecule has 0 spiro atoms. The number of rotatable bonds is 7. The van der Waals surface area contributed by atoms with Crippen molar-refractivity contribution in [3.63, 3.8) is 0 Å². The van der Waals surface area contributed by atoms with E-state index in [1.807, 2.05) is 49.4 Å². The third-order valence-electron chi connectivity index (χ3n) is 4.54. The van der Waals surface area contributed by atoms with Crippen LogP contribution in [0.3, 0.4) is 0 Å². The van der Waals surface area contributed by atoms with Gasteiger partial charge in [0.1, 0.15) is 5.75 Å². The molecule has 0 fully saturated rings. The summed E-state index contributed by atoms with van der Waals surface area (Å²) in [4.78, 5) is 12.6. The number of aryl methyl sites for hydroxylation is 1. The molecule has 0 aliphatic carbocycles. The van der Waals surface area contributed by atoms with Gasteiger partial charge in [-0.2, -0.15) is 0 Å². The summed E-state index contributed by atoms with van der Waals surface area (Å²) < 4.78 is 6.74. The van der Waals surface area contributed by atoms with Crippen molar-refractivity contribution < 1.29 is 9.53 Å². The van der Waals surface area contributed by atoms with E-state index < -0.39 is 0 Å². The highest BCUT2D eigenvalue weighted by molar-refractivity contribution is 7.99. The molecule has 8 heteroatoms. The number of carbonyl (C=O) groups excluding carboxylic acids is 1. The zero-order valence-electron chi connectivity index (χ0n) is 17.0. The Morgan fingerprint density at radius 1 is 1.21 bits per heavy atom. The normalized spacial score (nSPS) is 10.9. The minimum Gasteiger partial charge on any atom is -0.496 e. The lowest BCUT2D eigenvalue weighted by atomic mass is 9.98. The number of para-hydroxylation sites is 2.